The summed E-state index contributed by atoms with van der Waals surface area (Å²) in [4.78, 5) is 57.4. The number of fused-ring (bicyclic) bond motifs is 2. The quantitative estimate of drug-likeness (QED) is 0.108. The van der Waals surface area contributed by atoms with Crippen LogP contribution in [0.25, 0.3) is 10.9 Å². The maximum absolute atomic E-state index is 13.2. The Morgan fingerprint density at radius 1 is 0.882 bits per heavy atom. The molecule has 2 heterocycles. The van der Waals surface area contributed by atoms with Crippen molar-refractivity contribution in [2.24, 2.45) is 7.05 Å². The molecule has 51 heavy (non-hydrogen) atoms. The van der Waals surface area contributed by atoms with E-state index in [1.807, 2.05) is 55.5 Å². The van der Waals surface area contributed by atoms with Gasteiger partial charge < -0.3 is 24.0 Å². The van der Waals surface area contributed by atoms with E-state index in [9.17, 15) is 19.2 Å². The first-order valence-corrected chi connectivity index (χ1v) is 20.0. The molecule has 13 nitrogen and oxygen atoms in total. The Morgan fingerprint density at radius 2 is 1.47 bits per heavy atom. The third kappa shape index (κ3) is 9.95. The first-order chi connectivity index (χ1) is 23.5. The van der Waals surface area contributed by atoms with Crippen LogP contribution in [0.2, 0.25) is 18.1 Å². The lowest BCUT2D eigenvalue weighted by atomic mass is 10.1. The van der Waals surface area contributed by atoms with Crippen LogP contribution in [0, 0.1) is 0 Å². The largest absolute Gasteiger partial charge is 0.490 e. The summed E-state index contributed by atoms with van der Waals surface area (Å²) >= 11 is 0. The molecule has 3 amide bonds. The lowest BCUT2D eigenvalue weighted by molar-refractivity contribution is -0.731. The number of aryl methyl sites for hydroxylation is 1. The Bertz CT molecular complexity index is 1750. The highest BCUT2D eigenvalue weighted by molar-refractivity contribution is 6.74. The van der Waals surface area contributed by atoms with Crippen LogP contribution in [-0.2, 0) is 37.1 Å². The van der Waals surface area contributed by atoms with Gasteiger partial charge in [0.25, 0.3) is 11.8 Å². The molecule has 2 atom stereocenters. The fourth-order valence-electron chi connectivity index (χ4n) is 5.11. The number of hydrogen-bond acceptors (Lipinski definition) is 9. The van der Waals surface area contributed by atoms with Gasteiger partial charge in [-0.25, -0.2) is 14.4 Å². The summed E-state index contributed by atoms with van der Waals surface area (Å²) in [5.74, 6) is -1.70. The number of hydroxylamine groups is 2. The summed E-state index contributed by atoms with van der Waals surface area (Å²) in [6, 6.07) is 11.8. The van der Waals surface area contributed by atoms with Crippen molar-refractivity contribution >= 4 is 43.1 Å². The van der Waals surface area contributed by atoms with E-state index >= 15 is 0 Å². The number of aromatic nitrogens is 2. The molecule has 4 rings (SSSR count). The Balaban J connectivity index is 1.54. The molecule has 0 saturated heterocycles. The van der Waals surface area contributed by atoms with Gasteiger partial charge in [0.05, 0.1) is 28.8 Å². The molecule has 0 spiro atoms. The van der Waals surface area contributed by atoms with Gasteiger partial charge in [0.1, 0.15) is 30.1 Å². The van der Waals surface area contributed by atoms with Crippen LogP contribution in [0.15, 0.2) is 48.7 Å². The predicted octanol–water partition coefficient (Wildman–Crippen LogP) is 5.70. The molecule has 0 bridgehead atoms. The van der Waals surface area contributed by atoms with E-state index in [2.05, 4.69) is 39.2 Å². The number of carbonyl (C=O) groups is 4. The van der Waals surface area contributed by atoms with Gasteiger partial charge in [0.2, 0.25) is 11.6 Å². The van der Waals surface area contributed by atoms with Gasteiger partial charge in [0.15, 0.2) is 15.4 Å². The highest BCUT2D eigenvalue weighted by Crippen LogP contribution is 2.37. The molecule has 3 aromatic rings. The zero-order chi connectivity index (χ0) is 38.1. The van der Waals surface area contributed by atoms with Gasteiger partial charge in [-0.05, 0) is 83.9 Å². The Hall–Kier alpha value is -4.27. The van der Waals surface area contributed by atoms with E-state index in [0.717, 1.165) is 10.9 Å². The zero-order valence-corrected chi connectivity index (χ0v) is 32.9. The van der Waals surface area contributed by atoms with Crippen molar-refractivity contribution in [3.8, 4) is 5.75 Å². The van der Waals surface area contributed by atoms with Crippen molar-refractivity contribution in [2.75, 3.05) is 13.2 Å². The minimum absolute atomic E-state index is 0.0484. The number of ether oxygens (including phenoxy) is 3. The first-order valence-electron chi connectivity index (χ1n) is 17.1. The molecule has 1 aliphatic rings. The van der Waals surface area contributed by atoms with Crippen molar-refractivity contribution in [3.63, 3.8) is 0 Å². The van der Waals surface area contributed by atoms with Gasteiger partial charge in [-0.2, -0.15) is 4.68 Å². The van der Waals surface area contributed by atoms with Crippen molar-refractivity contribution in [2.45, 2.75) is 110 Å². The topological polar surface area (TPSA) is 139 Å². The van der Waals surface area contributed by atoms with Gasteiger partial charge in [-0.3, -0.25) is 9.59 Å². The van der Waals surface area contributed by atoms with Crippen molar-refractivity contribution in [1.29, 1.82) is 0 Å². The lowest BCUT2D eigenvalue weighted by Crippen LogP contribution is -2.51. The van der Waals surface area contributed by atoms with Gasteiger partial charge in [0, 0.05) is 12.6 Å². The summed E-state index contributed by atoms with van der Waals surface area (Å²) in [6.45, 7) is 21.8. The number of nitrogens with zero attached hydrogens (tertiary/aromatic N) is 3. The number of nitrogens with one attached hydrogen (secondary N) is 1. The second kappa shape index (κ2) is 14.8. The van der Waals surface area contributed by atoms with Gasteiger partial charge >= 0.3 is 12.1 Å². The maximum Gasteiger partial charge on any atom is 0.407 e. The summed E-state index contributed by atoms with van der Waals surface area (Å²) in [6.07, 6.45) is -0.324. The van der Waals surface area contributed by atoms with Crippen LogP contribution in [-0.4, -0.2) is 78.5 Å². The molecular weight excluding hydrogens is 673 g/mol. The molecule has 2 aromatic carbocycles. The summed E-state index contributed by atoms with van der Waals surface area (Å²) < 4.78 is 27.8. The molecule has 14 heteroatoms. The summed E-state index contributed by atoms with van der Waals surface area (Å²) in [5, 5.41) is 4.27. The lowest BCUT2D eigenvalue weighted by Gasteiger charge is -2.39. The fourth-order valence-corrected chi connectivity index (χ4v) is 6.45. The third-order valence-electron chi connectivity index (χ3n) is 8.61. The number of amides is 3. The van der Waals surface area contributed by atoms with Gasteiger partial charge in [-0.15, -0.1) is 9.75 Å². The van der Waals surface area contributed by atoms with Crippen LogP contribution in [0.5, 0.6) is 5.75 Å². The van der Waals surface area contributed by atoms with E-state index in [-0.39, 0.29) is 35.4 Å². The average Bonchev–Trinajstić information content (AvgIpc) is 3.42. The second-order valence-corrected chi connectivity index (χ2v) is 21.0. The molecular formula is C37H53N4O9Si+. The van der Waals surface area contributed by atoms with Crippen LogP contribution in [0.1, 0.15) is 83.0 Å². The number of hydrogen-bond donors (Lipinski definition) is 1. The Morgan fingerprint density at radius 3 is 2.02 bits per heavy atom. The smallest absolute Gasteiger partial charge is 0.407 e. The van der Waals surface area contributed by atoms with Crippen LogP contribution < -0.4 is 14.7 Å². The van der Waals surface area contributed by atoms with Crippen molar-refractivity contribution in [1.82, 2.24) is 15.1 Å². The van der Waals surface area contributed by atoms with Crippen molar-refractivity contribution in [3.05, 3.63) is 59.8 Å². The fraction of sp³-hybridized carbons (Fsp3) is 0.541. The van der Waals surface area contributed by atoms with Gasteiger partial charge in [-0.1, -0.05) is 32.9 Å². The highest BCUT2D eigenvalue weighted by Gasteiger charge is 2.42. The monoisotopic (exact) mass is 725 g/mol. The van der Waals surface area contributed by atoms with Crippen molar-refractivity contribution < 1.29 is 47.3 Å². The number of esters is 1. The highest BCUT2D eigenvalue weighted by atomic mass is 28.4. The Kier molecular flexibility index (Phi) is 11.4. The predicted molar refractivity (Wildman–Crippen MR) is 193 cm³/mol. The normalized spacial score (nSPS) is 15.1. The number of alkyl carbamates (subject to hydrolysis) is 1. The molecule has 278 valence electrons. The van der Waals surface area contributed by atoms with Crippen LogP contribution in [0.3, 0.4) is 0 Å². The Labute approximate surface area is 301 Å². The molecule has 2 unspecified atom stereocenters. The molecule has 1 aromatic heterocycles. The molecule has 0 saturated carbocycles. The van der Waals surface area contributed by atoms with E-state index in [4.69, 9.17) is 23.5 Å². The average molecular weight is 726 g/mol. The number of imide groups is 1. The number of carbonyl (C=O) groups excluding carboxylic acids is 4. The minimum Gasteiger partial charge on any atom is -0.490 e. The van der Waals surface area contributed by atoms with E-state index < -0.39 is 49.5 Å². The number of rotatable bonds is 12. The molecule has 0 aliphatic carbocycles. The maximum atomic E-state index is 13.2. The van der Waals surface area contributed by atoms with E-state index in [1.54, 1.807) is 39.0 Å². The standard InChI is InChI=1S/C37H52N4O9Si/c1-35(2,3)47-33(44)30(49-41-31(42)27-15-13-14-16-28(27)32(41)43)23-46-25-17-18-29-24(19-25)21-40(39(29)10)22-26(50-51(11,12)37(7,8)9)20-38-34(45)48-36(4,5)6/h13-19,21,26,30H,20,22-23H2,1-12H3/p+1. The second-order valence-electron chi connectivity index (χ2n) is 16.3. The van der Waals surface area contributed by atoms with E-state index in [1.165, 1.54) is 12.1 Å². The van der Waals surface area contributed by atoms with Crippen LogP contribution >= 0.6 is 0 Å². The first kappa shape index (κ1) is 39.5. The molecule has 1 aliphatic heterocycles. The summed E-state index contributed by atoms with van der Waals surface area (Å²) in [7, 11) is -0.290. The molecule has 1 N–H and O–H groups in total. The summed E-state index contributed by atoms with van der Waals surface area (Å²) in [5.41, 5.74) is -0.206. The number of benzene rings is 2. The van der Waals surface area contributed by atoms with Crippen LogP contribution in [0.4, 0.5) is 4.79 Å². The van der Waals surface area contributed by atoms with E-state index in [0.29, 0.717) is 17.4 Å². The molecule has 0 fully saturated rings. The third-order valence-corrected chi connectivity index (χ3v) is 13.1. The minimum atomic E-state index is -2.22. The zero-order valence-electron chi connectivity index (χ0n) is 31.9. The molecule has 0 radical (unpaired) electrons. The SMILES string of the molecule is C[n+]1c2ccc(OCC(ON3C(=O)c4ccccc4C3=O)C(=O)OC(C)(C)C)cc2cn1CC(CNC(=O)OC(C)(C)C)O[Si](C)(C)C(C)(C)C.